The Morgan fingerprint density at radius 3 is 2.89 bits per heavy atom. The van der Waals surface area contributed by atoms with E-state index in [1.165, 1.54) is 12.3 Å². The monoisotopic (exact) mass is 288 g/mol. The molecule has 1 atom stereocenters. The number of pyridine rings is 1. The van der Waals surface area contributed by atoms with E-state index in [0.717, 1.165) is 10.4 Å². The molecule has 1 saturated heterocycles. The van der Waals surface area contributed by atoms with Crippen molar-refractivity contribution < 1.29 is 22.7 Å². The van der Waals surface area contributed by atoms with Gasteiger partial charge >= 0.3 is 5.97 Å². The van der Waals surface area contributed by atoms with Gasteiger partial charge in [0, 0.05) is 19.3 Å². The fourth-order valence-electron chi connectivity index (χ4n) is 2.05. The van der Waals surface area contributed by atoms with Crippen molar-refractivity contribution in [1.29, 1.82) is 0 Å². The van der Waals surface area contributed by atoms with Crippen LogP contribution < -0.4 is 0 Å². The first-order chi connectivity index (χ1) is 8.93. The fraction of sp³-hybridized carbons (Fsp3) is 0.455. The van der Waals surface area contributed by atoms with Gasteiger partial charge in [0.1, 0.15) is 0 Å². The number of sulfonamides is 1. The lowest BCUT2D eigenvalue weighted by Gasteiger charge is -2.29. The number of carbonyl (C=O) groups is 1. The number of aliphatic carboxylic acids is 1. The summed E-state index contributed by atoms with van der Waals surface area (Å²) >= 11 is 0. The smallest absolute Gasteiger partial charge is 0.307 e. The third-order valence-electron chi connectivity index (χ3n) is 3.04. The maximum Gasteiger partial charge on any atom is 0.307 e. The maximum absolute atomic E-state index is 13.5. The van der Waals surface area contributed by atoms with Crippen molar-refractivity contribution in [3.8, 4) is 0 Å². The molecule has 1 unspecified atom stereocenters. The molecular formula is C11H13FN2O4S. The van der Waals surface area contributed by atoms with Crippen LogP contribution in [0.2, 0.25) is 0 Å². The Balaban J connectivity index is 2.30. The lowest BCUT2D eigenvalue weighted by atomic mass is 10.0. The van der Waals surface area contributed by atoms with Crippen LogP contribution in [0.1, 0.15) is 12.8 Å². The van der Waals surface area contributed by atoms with Crippen molar-refractivity contribution in [2.75, 3.05) is 13.1 Å². The number of hydrogen-bond donors (Lipinski definition) is 1. The molecule has 8 heteroatoms. The molecule has 0 aliphatic carbocycles. The summed E-state index contributed by atoms with van der Waals surface area (Å²) in [5.41, 5.74) is 0. The number of halogens is 1. The summed E-state index contributed by atoms with van der Waals surface area (Å²) in [6.07, 6.45) is 2.05. The van der Waals surface area contributed by atoms with Crippen LogP contribution in [0.15, 0.2) is 23.4 Å². The normalized spacial score (nSPS) is 21.2. The quantitative estimate of drug-likeness (QED) is 0.885. The Bertz CT molecular complexity index is 590. The molecule has 6 nitrogen and oxygen atoms in total. The van der Waals surface area contributed by atoms with Crippen LogP contribution in [0.4, 0.5) is 4.39 Å². The molecule has 0 bridgehead atoms. The van der Waals surface area contributed by atoms with Gasteiger partial charge < -0.3 is 5.11 Å². The molecule has 0 spiro atoms. The van der Waals surface area contributed by atoms with E-state index in [9.17, 15) is 17.6 Å². The average molecular weight is 288 g/mol. The molecule has 1 aromatic rings. The molecule has 19 heavy (non-hydrogen) atoms. The van der Waals surface area contributed by atoms with Gasteiger partial charge in [0.05, 0.1) is 5.92 Å². The van der Waals surface area contributed by atoms with Crippen LogP contribution in [0.3, 0.4) is 0 Å². The van der Waals surface area contributed by atoms with Gasteiger partial charge in [0.25, 0.3) is 10.0 Å². The summed E-state index contributed by atoms with van der Waals surface area (Å²) in [5.74, 6) is -2.73. The van der Waals surface area contributed by atoms with Crippen LogP contribution in [-0.2, 0) is 14.8 Å². The van der Waals surface area contributed by atoms with Gasteiger partial charge in [-0.2, -0.15) is 4.31 Å². The highest BCUT2D eigenvalue weighted by Crippen LogP contribution is 2.24. The SMILES string of the molecule is O=C(O)C1CCCN(S(=O)(=O)c2ncccc2F)C1. The molecule has 1 aromatic heterocycles. The number of carboxylic acids is 1. The predicted octanol–water partition coefficient (Wildman–Crippen LogP) is 0.706. The second kappa shape index (κ2) is 5.22. The van der Waals surface area contributed by atoms with Gasteiger partial charge in [-0.05, 0) is 25.0 Å². The molecule has 0 radical (unpaired) electrons. The largest absolute Gasteiger partial charge is 0.481 e. The van der Waals surface area contributed by atoms with Crippen molar-refractivity contribution in [1.82, 2.24) is 9.29 Å². The van der Waals surface area contributed by atoms with E-state index in [1.807, 2.05) is 0 Å². The molecule has 2 rings (SSSR count). The molecule has 1 fully saturated rings. The molecule has 104 valence electrons. The van der Waals surface area contributed by atoms with Crippen molar-refractivity contribution >= 4 is 16.0 Å². The Labute approximate surface area is 109 Å². The minimum absolute atomic E-state index is 0.145. The summed E-state index contributed by atoms with van der Waals surface area (Å²) in [5, 5.41) is 8.28. The number of hydrogen-bond acceptors (Lipinski definition) is 4. The third-order valence-corrected chi connectivity index (χ3v) is 4.84. The lowest BCUT2D eigenvalue weighted by Crippen LogP contribution is -2.42. The highest BCUT2D eigenvalue weighted by atomic mass is 32.2. The standard InChI is InChI=1S/C11H13FN2O4S/c12-9-4-1-5-13-10(9)19(17,18)14-6-2-3-8(7-14)11(15)16/h1,4-5,8H,2-3,6-7H2,(H,15,16). The molecule has 1 aliphatic rings. The van der Waals surface area contributed by atoms with Crippen LogP contribution in [-0.4, -0.2) is 41.9 Å². The summed E-state index contributed by atoms with van der Waals surface area (Å²) < 4.78 is 38.9. The van der Waals surface area contributed by atoms with Crippen LogP contribution >= 0.6 is 0 Å². The summed E-state index contributed by atoms with van der Waals surface area (Å²) in [4.78, 5) is 14.5. The Morgan fingerprint density at radius 2 is 2.26 bits per heavy atom. The van der Waals surface area contributed by atoms with E-state index >= 15 is 0 Å². The third kappa shape index (κ3) is 2.74. The van der Waals surface area contributed by atoms with Gasteiger partial charge in [-0.1, -0.05) is 0 Å². The Morgan fingerprint density at radius 1 is 1.53 bits per heavy atom. The highest BCUT2D eigenvalue weighted by Gasteiger charge is 2.35. The number of aromatic nitrogens is 1. The second-order valence-corrected chi connectivity index (χ2v) is 6.18. The summed E-state index contributed by atoms with van der Waals surface area (Å²) in [7, 11) is -4.08. The topological polar surface area (TPSA) is 87.6 Å². The van der Waals surface area contributed by atoms with E-state index < -0.39 is 32.8 Å². The molecule has 0 amide bonds. The number of piperidine rings is 1. The van der Waals surface area contributed by atoms with Crippen molar-refractivity contribution in [3.63, 3.8) is 0 Å². The molecule has 1 N–H and O–H groups in total. The van der Waals surface area contributed by atoms with Gasteiger partial charge in [0.15, 0.2) is 5.82 Å². The molecule has 1 aliphatic heterocycles. The van der Waals surface area contributed by atoms with Gasteiger partial charge in [-0.3, -0.25) is 4.79 Å². The fourth-order valence-corrected chi connectivity index (χ4v) is 3.54. The van der Waals surface area contributed by atoms with Crippen molar-refractivity contribution in [2.45, 2.75) is 17.9 Å². The first-order valence-electron chi connectivity index (χ1n) is 5.76. The molecule has 2 heterocycles. The lowest BCUT2D eigenvalue weighted by molar-refractivity contribution is -0.142. The highest BCUT2D eigenvalue weighted by molar-refractivity contribution is 7.89. The zero-order valence-electron chi connectivity index (χ0n) is 9.99. The van der Waals surface area contributed by atoms with E-state index in [4.69, 9.17) is 5.11 Å². The van der Waals surface area contributed by atoms with Crippen LogP contribution in [0, 0.1) is 11.7 Å². The van der Waals surface area contributed by atoms with Crippen molar-refractivity contribution in [3.05, 3.63) is 24.1 Å². The predicted molar refractivity (Wildman–Crippen MR) is 63.3 cm³/mol. The first kappa shape index (κ1) is 13.9. The van der Waals surface area contributed by atoms with E-state index in [-0.39, 0.29) is 13.1 Å². The minimum Gasteiger partial charge on any atom is -0.481 e. The first-order valence-corrected chi connectivity index (χ1v) is 7.20. The van der Waals surface area contributed by atoms with Gasteiger partial charge in [-0.25, -0.2) is 17.8 Å². The Kier molecular flexibility index (Phi) is 3.81. The number of carboxylic acid groups (broad SMARTS) is 1. The van der Waals surface area contributed by atoms with Crippen molar-refractivity contribution in [2.24, 2.45) is 5.92 Å². The zero-order chi connectivity index (χ0) is 14.0. The number of nitrogens with zero attached hydrogens (tertiary/aromatic N) is 2. The summed E-state index contributed by atoms with van der Waals surface area (Å²) in [6, 6.07) is 2.31. The van der Waals surface area contributed by atoms with E-state index in [1.54, 1.807) is 0 Å². The molecular weight excluding hydrogens is 275 g/mol. The van der Waals surface area contributed by atoms with Gasteiger partial charge in [-0.15, -0.1) is 0 Å². The second-order valence-electron chi connectivity index (χ2n) is 4.33. The molecule has 0 aromatic carbocycles. The zero-order valence-corrected chi connectivity index (χ0v) is 10.8. The van der Waals surface area contributed by atoms with Gasteiger partial charge in [0.2, 0.25) is 5.03 Å². The van der Waals surface area contributed by atoms with Crippen LogP contribution in [0.25, 0.3) is 0 Å². The minimum atomic E-state index is -4.08. The van der Waals surface area contributed by atoms with E-state index in [0.29, 0.717) is 12.8 Å². The maximum atomic E-state index is 13.5. The summed E-state index contributed by atoms with van der Waals surface area (Å²) in [6.45, 7) is 0.0375. The number of rotatable bonds is 3. The van der Waals surface area contributed by atoms with E-state index in [2.05, 4.69) is 4.98 Å². The Hall–Kier alpha value is -1.54. The average Bonchev–Trinajstić information content (AvgIpc) is 2.39. The van der Waals surface area contributed by atoms with Crippen LogP contribution in [0.5, 0.6) is 0 Å². The molecule has 0 saturated carbocycles.